The highest BCUT2D eigenvalue weighted by Crippen LogP contribution is 2.34. The highest BCUT2D eigenvalue weighted by molar-refractivity contribution is 5.99. The maximum absolute atomic E-state index is 12.3. The Kier molecular flexibility index (Phi) is 4.15. The third-order valence-corrected chi connectivity index (χ3v) is 3.14. The quantitative estimate of drug-likeness (QED) is 0.601. The Morgan fingerprint density at radius 3 is 2.81 bits per heavy atom. The number of anilines is 1. The maximum atomic E-state index is 12.3. The summed E-state index contributed by atoms with van der Waals surface area (Å²) in [5.74, 6) is -0.364. The molecule has 0 radical (unpaired) electrons. The van der Waals surface area contributed by atoms with Gasteiger partial charge in [-0.3, -0.25) is 14.5 Å². The lowest BCUT2D eigenvalue weighted by atomic mass is 10.1. The van der Waals surface area contributed by atoms with Crippen LogP contribution in [0.1, 0.15) is 26.7 Å². The number of carbonyl (C=O) groups is 2. The molecule has 2 heterocycles. The van der Waals surface area contributed by atoms with Crippen LogP contribution in [-0.4, -0.2) is 34.2 Å². The highest BCUT2D eigenvalue weighted by Gasteiger charge is 2.37. The van der Waals surface area contributed by atoms with Crippen molar-refractivity contribution in [3.8, 4) is 5.75 Å². The summed E-state index contributed by atoms with van der Waals surface area (Å²) in [6.45, 7) is 3.36. The summed E-state index contributed by atoms with van der Waals surface area (Å²) in [5, 5.41) is 10.8. The molecule has 21 heavy (non-hydrogen) atoms. The second-order valence-electron chi connectivity index (χ2n) is 4.70. The fourth-order valence-electron chi connectivity index (χ4n) is 2.04. The zero-order valence-corrected chi connectivity index (χ0v) is 11.7. The number of ether oxygens (including phenoxy) is 1. The van der Waals surface area contributed by atoms with Crippen molar-refractivity contribution in [2.45, 2.75) is 32.8 Å². The van der Waals surface area contributed by atoms with Crippen molar-refractivity contribution in [2.24, 2.45) is 0 Å². The molecule has 112 valence electrons. The number of nitrogens with zero attached hydrogens (tertiary/aromatic N) is 3. The maximum Gasteiger partial charge on any atom is 0.366 e. The molecule has 0 N–H and O–H groups in total. The first-order valence-corrected chi connectivity index (χ1v) is 6.57. The zero-order chi connectivity index (χ0) is 15.6. The molecule has 8 heteroatoms. The van der Waals surface area contributed by atoms with Crippen molar-refractivity contribution in [2.75, 3.05) is 11.4 Å². The third-order valence-electron chi connectivity index (χ3n) is 3.14. The molecule has 8 nitrogen and oxygen atoms in total. The van der Waals surface area contributed by atoms with Gasteiger partial charge in [0.25, 0.3) is 11.7 Å². The molecule has 0 aromatic carbocycles. The summed E-state index contributed by atoms with van der Waals surface area (Å²) in [7, 11) is 0. The molecular formula is C13H15N3O5. The number of pyridine rings is 1. The van der Waals surface area contributed by atoms with E-state index in [2.05, 4.69) is 4.98 Å². The Morgan fingerprint density at radius 2 is 2.24 bits per heavy atom. The van der Waals surface area contributed by atoms with Crippen molar-refractivity contribution < 1.29 is 19.2 Å². The molecule has 1 aromatic rings. The average molecular weight is 293 g/mol. The van der Waals surface area contributed by atoms with Gasteiger partial charge in [0.2, 0.25) is 0 Å². The summed E-state index contributed by atoms with van der Waals surface area (Å²) in [5.41, 5.74) is 0. The average Bonchev–Trinajstić information content (AvgIpc) is 2.44. The Labute approximate surface area is 120 Å². The normalized spacial score (nSPS) is 17.1. The van der Waals surface area contributed by atoms with Crippen molar-refractivity contribution in [1.29, 1.82) is 0 Å². The number of rotatable bonds is 5. The van der Waals surface area contributed by atoms with Gasteiger partial charge >= 0.3 is 5.82 Å². The van der Waals surface area contributed by atoms with Crippen LogP contribution < -0.4 is 9.64 Å². The highest BCUT2D eigenvalue weighted by atomic mass is 16.6. The van der Waals surface area contributed by atoms with E-state index in [0.29, 0.717) is 12.2 Å². The van der Waals surface area contributed by atoms with E-state index in [1.807, 2.05) is 0 Å². The number of amides is 1. The number of hydrogen-bond acceptors (Lipinski definition) is 6. The molecule has 0 fully saturated rings. The van der Waals surface area contributed by atoms with E-state index >= 15 is 0 Å². The molecule has 1 aromatic heterocycles. The zero-order valence-electron chi connectivity index (χ0n) is 11.7. The van der Waals surface area contributed by atoms with Crippen molar-refractivity contribution in [3.05, 3.63) is 22.2 Å². The van der Waals surface area contributed by atoms with Crippen molar-refractivity contribution in [1.82, 2.24) is 4.98 Å². The molecule has 1 aliphatic heterocycles. The number of fused-ring (bicyclic) bond motifs is 1. The molecule has 0 saturated heterocycles. The third kappa shape index (κ3) is 2.99. The minimum Gasteiger partial charge on any atom is -0.474 e. The molecule has 0 bridgehead atoms. The Hall–Kier alpha value is -2.51. The van der Waals surface area contributed by atoms with Gasteiger partial charge in [-0.25, -0.2) is 0 Å². The fraction of sp³-hybridized carbons (Fsp3) is 0.462. The van der Waals surface area contributed by atoms with Gasteiger partial charge in [-0.2, -0.15) is 0 Å². The molecule has 1 atom stereocenters. The van der Waals surface area contributed by atoms with Crippen LogP contribution in [0.5, 0.6) is 5.75 Å². The standard InChI is InChI=1S/C13H15N3O5/c1-3-9-13(18)15(7-6-8(2)17)12-10(21-9)4-5-11(14-12)16(19)20/h4-5,9H,3,6-7H2,1-2H3. The van der Waals surface area contributed by atoms with Crippen LogP contribution in [0.2, 0.25) is 0 Å². The van der Waals surface area contributed by atoms with E-state index in [0.717, 1.165) is 0 Å². The summed E-state index contributed by atoms with van der Waals surface area (Å²) in [6.07, 6.45) is -0.0367. The number of hydrogen-bond donors (Lipinski definition) is 0. The van der Waals surface area contributed by atoms with E-state index in [4.69, 9.17) is 4.74 Å². The van der Waals surface area contributed by atoms with Crippen molar-refractivity contribution in [3.63, 3.8) is 0 Å². The fourth-order valence-corrected chi connectivity index (χ4v) is 2.04. The lowest BCUT2D eigenvalue weighted by Crippen LogP contribution is -2.46. The lowest BCUT2D eigenvalue weighted by molar-refractivity contribution is -0.389. The van der Waals surface area contributed by atoms with Crippen LogP contribution in [0.4, 0.5) is 11.6 Å². The van der Waals surface area contributed by atoms with Gasteiger partial charge in [0.1, 0.15) is 5.78 Å². The Bertz CT molecular complexity index is 601. The number of Topliss-reactive ketones (excluding diaryl/α,β-unsaturated/α-hetero) is 1. The Morgan fingerprint density at radius 1 is 1.52 bits per heavy atom. The number of aromatic nitrogens is 1. The van der Waals surface area contributed by atoms with Crippen LogP contribution in [0, 0.1) is 10.1 Å². The number of carbonyl (C=O) groups excluding carboxylic acids is 2. The van der Waals surface area contributed by atoms with E-state index in [9.17, 15) is 19.7 Å². The first-order chi connectivity index (χ1) is 9.93. The summed E-state index contributed by atoms with van der Waals surface area (Å²) in [4.78, 5) is 38.7. The Balaban J connectivity index is 2.41. The first kappa shape index (κ1) is 14.9. The minimum atomic E-state index is -0.660. The predicted octanol–water partition coefficient (Wildman–Crippen LogP) is 1.47. The van der Waals surface area contributed by atoms with E-state index in [1.54, 1.807) is 6.92 Å². The molecule has 0 aliphatic carbocycles. The molecular weight excluding hydrogens is 278 g/mol. The number of nitro groups is 1. The predicted molar refractivity (Wildman–Crippen MR) is 73.2 cm³/mol. The summed E-state index contributed by atoms with van der Waals surface area (Å²) >= 11 is 0. The van der Waals surface area contributed by atoms with E-state index < -0.39 is 11.0 Å². The second kappa shape index (κ2) is 5.86. The van der Waals surface area contributed by atoms with Gasteiger partial charge in [0.05, 0.1) is 0 Å². The van der Waals surface area contributed by atoms with Crippen molar-refractivity contribution >= 4 is 23.3 Å². The van der Waals surface area contributed by atoms with Gasteiger partial charge in [-0.05, 0) is 29.3 Å². The molecule has 0 spiro atoms. The molecule has 2 rings (SSSR count). The summed E-state index contributed by atoms with van der Waals surface area (Å²) < 4.78 is 5.50. The van der Waals surface area contributed by atoms with E-state index in [-0.39, 0.29) is 36.3 Å². The van der Waals surface area contributed by atoms with Crippen LogP contribution in [0.15, 0.2) is 12.1 Å². The van der Waals surface area contributed by atoms with Gasteiger partial charge in [0, 0.05) is 19.0 Å². The molecule has 0 saturated carbocycles. The number of ketones is 1. The lowest BCUT2D eigenvalue weighted by Gasteiger charge is -2.30. The smallest absolute Gasteiger partial charge is 0.366 e. The molecule has 1 amide bonds. The topological polar surface area (TPSA) is 103 Å². The second-order valence-corrected chi connectivity index (χ2v) is 4.70. The largest absolute Gasteiger partial charge is 0.474 e. The van der Waals surface area contributed by atoms with Gasteiger partial charge in [-0.1, -0.05) is 6.92 Å². The van der Waals surface area contributed by atoms with Crippen LogP contribution in [0.3, 0.4) is 0 Å². The van der Waals surface area contributed by atoms with Crippen LogP contribution in [-0.2, 0) is 9.59 Å². The van der Waals surface area contributed by atoms with E-state index in [1.165, 1.54) is 24.0 Å². The van der Waals surface area contributed by atoms with Crippen LogP contribution in [0.25, 0.3) is 0 Å². The first-order valence-electron chi connectivity index (χ1n) is 6.57. The SMILES string of the molecule is CCC1Oc2ccc([N+](=O)[O-])nc2N(CCC(C)=O)C1=O. The monoisotopic (exact) mass is 293 g/mol. The molecule has 1 aliphatic rings. The van der Waals surface area contributed by atoms with Gasteiger partial charge in [-0.15, -0.1) is 0 Å². The summed E-state index contributed by atoms with van der Waals surface area (Å²) in [6, 6.07) is 2.65. The minimum absolute atomic E-state index is 0.0747. The van der Waals surface area contributed by atoms with Crippen LogP contribution >= 0.6 is 0 Å². The van der Waals surface area contributed by atoms with Gasteiger partial charge in [0.15, 0.2) is 11.9 Å². The molecule has 1 unspecified atom stereocenters. The van der Waals surface area contributed by atoms with Gasteiger partial charge < -0.3 is 14.9 Å².